The predicted octanol–water partition coefficient (Wildman–Crippen LogP) is 4.18. The normalized spacial score (nSPS) is 17.0. The third-order valence-electron chi connectivity index (χ3n) is 5.35. The summed E-state index contributed by atoms with van der Waals surface area (Å²) >= 11 is 0. The monoisotopic (exact) mass is 300 g/mol. The molecule has 3 aliphatic rings. The highest BCUT2D eigenvalue weighted by Crippen LogP contribution is 2.44. The second kappa shape index (κ2) is 4.51. The maximum Gasteiger partial charge on any atom is 0.0443 e. The van der Waals surface area contributed by atoms with Gasteiger partial charge in [0, 0.05) is 38.6 Å². The maximum atomic E-state index is 2.40. The number of anilines is 2. The molecule has 23 heavy (non-hydrogen) atoms. The van der Waals surface area contributed by atoms with Crippen molar-refractivity contribution in [1.82, 2.24) is 0 Å². The molecule has 5 rings (SSSR count). The molecule has 0 bridgehead atoms. The van der Waals surface area contributed by atoms with Gasteiger partial charge in [-0.3, -0.25) is 0 Å². The summed E-state index contributed by atoms with van der Waals surface area (Å²) in [7, 11) is 4.35. The van der Waals surface area contributed by atoms with E-state index in [4.69, 9.17) is 0 Å². The summed E-state index contributed by atoms with van der Waals surface area (Å²) in [6.07, 6.45) is 10.1. The van der Waals surface area contributed by atoms with Crippen LogP contribution in [0.4, 0.5) is 11.4 Å². The number of nitrogens with zero attached hydrogens (tertiary/aromatic N) is 2. The molecule has 0 aromatic heterocycles. The lowest BCUT2D eigenvalue weighted by molar-refractivity contribution is 1.01. The molecule has 0 unspecified atom stereocenters. The van der Waals surface area contributed by atoms with Crippen molar-refractivity contribution < 1.29 is 0 Å². The first kappa shape index (κ1) is 13.0. The number of benzene rings is 2. The number of fused-ring (bicyclic) bond motifs is 5. The Labute approximate surface area is 137 Å². The van der Waals surface area contributed by atoms with Crippen molar-refractivity contribution in [1.29, 1.82) is 0 Å². The Morgan fingerprint density at radius 3 is 1.65 bits per heavy atom. The van der Waals surface area contributed by atoms with Crippen molar-refractivity contribution >= 4 is 23.5 Å². The van der Waals surface area contributed by atoms with Crippen molar-refractivity contribution in [3.8, 4) is 11.1 Å². The summed E-state index contributed by atoms with van der Waals surface area (Å²) in [6, 6.07) is 9.55. The Kier molecular flexibility index (Phi) is 2.55. The van der Waals surface area contributed by atoms with Crippen molar-refractivity contribution in [2.75, 3.05) is 37.0 Å². The molecular weight excluding hydrogens is 280 g/mol. The number of rotatable bonds is 0. The van der Waals surface area contributed by atoms with E-state index in [1.54, 1.807) is 0 Å². The smallest absolute Gasteiger partial charge is 0.0443 e. The molecular formula is C21H20N2. The molecule has 0 saturated carbocycles. The Morgan fingerprint density at radius 2 is 1.17 bits per heavy atom. The summed E-state index contributed by atoms with van der Waals surface area (Å²) in [5, 5.41) is 0. The van der Waals surface area contributed by atoms with Crippen LogP contribution in [0.2, 0.25) is 0 Å². The summed E-state index contributed by atoms with van der Waals surface area (Å²) in [5.41, 5.74) is 11.2. The molecule has 0 atom stereocenters. The van der Waals surface area contributed by atoms with Crippen molar-refractivity contribution in [2.45, 2.75) is 6.42 Å². The topological polar surface area (TPSA) is 6.48 Å². The van der Waals surface area contributed by atoms with Gasteiger partial charge in [0.25, 0.3) is 0 Å². The van der Waals surface area contributed by atoms with Crippen LogP contribution in [0.5, 0.6) is 0 Å². The van der Waals surface area contributed by atoms with Crippen molar-refractivity contribution in [2.24, 2.45) is 0 Å². The van der Waals surface area contributed by atoms with E-state index in [9.17, 15) is 0 Å². The van der Waals surface area contributed by atoms with Gasteiger partial charge in [-0.15, -0.1) is 0 Å². The van der Waals surface area contributed by atoms with E-state index in [0.717, 1.165) is 19.5 Å². The van der Waals surface area contributed by atoms with Gasteiger partial charge >= 0.3 is 0 Å². The minimum Gasteiger partial charge on any atom is -0.370 e. The van der Waals surface area contributed by atoms with Crippen LogP contribution in [0.15, 0.2) is 36.4 Å². The van der Waals surface area contributed by atoms with Crippen LogP contribution in [0.25, 0.3) is 23.3 Å². The second-order valence-corrected chi connectivity index (χ2v) is 6.88. The Hall–Kier alpha value is -2.48. The molecule has 0 saturated heterocycles. The molecule has 0 amide bonds. The predicted molar refractivity (Wildman–Crippen MR) is 99.3 cm³/mol. The fourth-order valence-electron chi connectivity index (χ4n) is 4.10. The summed E-state index contributed by atoms with van der Waals surface area (Å²) in [6.45, 7) is 2.01. The molecule has 0 radical (unpaired) electrons. The van der Waals surface area contributed by atoms with Gasteiger partial charge in [-0.25, -0.2) is 0 Å². The van der Waals surface area contributed by atoms with E-state index in [2.05, 4.69) is 72.5 Å². The first-order chi connectivity index (χ1) is 11.2. The van der Waals surface area contributed by atoms with E-state index >= 15 is 0 Å². The van der Waals surface area contributed by atoms with Gasteiger partial charge in [-0.05, 0) is 64.1 Å². The van der Waals surface area contributed by atoms with Crippen LogP contribution in [0.1, 0.15) is 22.3 Å². The highest BCUT2D eigenvalue weighted by Gasteiger charge is 2.24. The van der Waals surface area contributed by atoms with Crippen LogP contribution in [0.3, 0.4) is 0 Å². The first-order valence-electron chi connectivity index (χ1n) is 8.30. The summed E-state index contributed by atoms with van der Waals surface area (Å²) in [5.74, 6) is 0. The van der Waals surface area contributed by atoms with Gasteiger partial charge in [0.2, 0.25) is 0 Å². The second-order valence-electron chi connectivity index (χ2n) is 6.88. The molecule has 2 nitrogen and oxygen atoms in total. The zero-order chi connectivity index (χ0) is 15.6. The Morgan fingerprint density at radius 1 is 0.696 bits per heavy atom. The molecule has 114 valence electrons. The van der Waals surface area contributed by atoms with Gasteiger partial charge in [-0.1, -0.05) is 24.3 Å². The summed E-state index contributed by atoms with van der Waals surface area (Å²) < 4.78 is 0. The minimum atomic E-state index is 1.00. The van der Waals surface area contributed by atoms with Gasteiger partial charge in [-0.2, -0.15) is 0 Å². The van der Waals surface area contributed by atoms with E-state index in [-0.39, 0.29) is 0 Å². The minimum absolute atomic E-state index is 1.00. The average Bonchev–Trinajstić information content (AvgIpc) is 2.89. The molecule has 2 aromatic rings. The van der Waals surface area contributed by atoms with E-state index in [1.165, 1.54) is 44.8 Å². The molecule has 2 aliphatic heterocycles. The Bertz CT molecular complexity index is 816. The van der Waals surface area contributed by atoms with Crippen molar-refractivity contribution in [3.63, 3.8) is 0 Å². The van der Waals surface area contributed by atoms with Gasteiger partial charge in [0.05, 0.1) is 0 Å². The number of hydrogen-bond donors (Lipinski definition) is 0. The molecule has 0 fully saturated rings. The van der Waals surface area contributed by atoms with Gasteiger partial charge in [0.15, 0.2) is 0 Å². The van der Waals surface area contributed by atoms with E-state index < -0.39 is 0 Å². The lowest BCUT2D eigenvalue weighted by Crippen LogP contribution is -2.20. The first-order valence-corrected chi connectivity index (χ1v) is 8.30. The molecule has 0 spiro atoms. The van der Waals surface area contributed by atoms with E-state index in [0.29, 0.717) is 0 Å². The highest BCUT2D eigenvalue weighted by atomic mass is 15.1. The van der Waals surface area contributed by atoms with Crippen LogP contribution in [-0.2, 0) is 6.42 Å². The summed E-state index contributed by atoms with van der Waals surface area (Å²) in [4.78, 5) is 4.67. The molecule has 2 heterocycles. The van der Waals surface area contributed by atoms with Gasteiger partial charge in [0.1, 0.15) is 0 Å². The van der Waals surface area contributed by atoms with Crippen LogP contribution < -0.4 is 9.80 Å². The lowest BCUT2D eigenvalue weighted by Gasteiger charge is -2.25. The maximum absolute atomic E-state index is 2.40. The molecule has 2 aromatic carbocycles. The standard InChI is InChI=1S/C21H20N2/c1-22-7-3-5-14-10-18-16(12-20(14)22)9-17-13-21-15(11-19(17)18)6-4-8-23(21)2/h3-6,10-13H,7-9H2,1-2H3. The highest BCUT2D eigenvalue weighted by molar-refractivity contribution is 5.88. The lowest BCUT2D eigenvalue weighted by atomic mass is 9.96. The zero-order valence-electron chi connectivity index (χ0n) is 13.6. The quantitative estimate of drug-likeness (QED) is 0.614. The Balaban J connectivity index is 1.70. The van der Waals surface area contributed by atoms with Crippen LogP contribution in [-0.4, -0.2) is 27.2 Å². The fraction of sp³-hybridized carbons (Fsp3) is 0.238. The third-order valence-corrected chi connectivity index (χ3v) is 5.35. The van der Waals surface area contributed by atoms with Crippen LogP contribution >= 0.6 is 0 Å². The number of likely N-dealkylation sites (N-methyl/N-ethyl adjacent to an activating group) is 2. The largest absolute Gasteiger partial charge is 0.370 e. The van der Waals surface area contributed by atoms with Crippen molar-refractivity contribution in [3.05, 3.63) is 58.7 Å². The van der Waals surface area contributed by atoms with Gasteiger partial charge < -0.3 is 9.80 Å². The molecule has 2 heteroatoms. The number of hydrogen-bond acceptors (Lipinski definition) is 2. The molecule has 0 N–H and O–H groups in total. The zero-order valence-corrected chi connectivity index (χ0v) is 13.6. The van der Waals surface area contributed by atoms with E-state index in [1.807, 2.05) is 0 Å². The SMILES string of the molecule is CN1CC=Cc2cc3c(cc21)Cc1cc2c(cc1-3)C=CCN2C. The third kappa shape index (κ3) is 1.81. The van der Waals surface area contributed by atoms with Crippen LogP contribution in [0, 0.1) is 0 Å². The fourth-order valence-corrected chi connectivity index (χ4v) is 4.10. The average molecular weight is 300 g/mol. The molecule has 1 aliphatic carbocycles.